The van der Waals surface area contributed by atoms with E-state index in [1.165, 1.54) is 0 Å². The molecule has 0 unspecified atom stereocenters. The van der Waals surface area contributed by atoms with E-state index in [-0.39, 0.29) is 18.8 Å². The second-order valence-electron chi connectivity index (χ2n) is 4.01. The van der Waals surface area contributed by atoms with Crippen LogP contribution in [0.2, 0.25) is 0 Å². The van der Waals surface area contributed by atoms with Gasteiger partial charge in [-0.05, 0) is 23.6 Å². The largest absolute Gasteiger partial charge is 0.496 e. The van der Waals surface area contributed by atoms with Crippen LogP contribution in [0.15, 0.2) is 18.2 Å². The molecule has 0 atom stereocenters. The number of hydrogen-bond acceptors (Lipinski definition) is 3. The molecule has 0 radical (unpaired) electrons. The van der Waals surface area contributed by atoms with Crippen LogP contribution in [0, 0.1) is 0 Å². The lowest BCUT2D eigenvalue weighted by Gasteiger charge is -2.11. The summed E-state index contributed by atoms with van der Waals surface area (Å²) in [7, 11) is 1.54. The van der Waals surface area contributed by atoms with E-state index in [0.29, 0.717) is 17.2 Å². The standard InChI is InChI=1S/C13H18O3/c1-9(2)10-4-5-13(16-3)11(8-10)12(15)6-7-14/h4-5,8-9,14H,6-7H2,1-3H3. The zero-order valence-electron chi connectivity index (χ0n) is 9.99. The molecule has 0 heterocycles. The van der Waals surface area contributed by atoms with Crippen molar-refractivity contribution >= 4 is 5.78 Å². The summed E-state index contributed by atoms with van der Waals surface area (Å²) in [4.78, 5) is 11.8. The van der Waals surface area contributed by atoms with Crippen LogP contribution in [-0.2, 0) is 0 Å². The van der Waals surface area contributed by atoms with Crippen molar-refractivity contribution in [3.8, 4) is 5.75 Å². The first-order valence-electron chi connectivity index (χ1n) is 5.42. The Morgan fingerprint density at radius 2 is 2.12 bits per heavy atom. The fourth-order valence-electron chi connectivity index (χ4n) is 1.54. The summed E-state index contributed by atoms with van der Waals surface area (Å²) in [5.41, 5.74) is 1.66. The van der Waals surface area contributed by atoms with Gasteiger partial charge in [-0.2, -0.15) is 0 Å². The van der Waals surface area contributed by atoms with Gasteiger partial charge in [-0.15, -0.1) is 0 Å². The zero-order valence-corrected chi connectivity index (χ0v) is 9.99. The third kappa shape index (κ3) is 2.83. The van der Waals surface area contributed by atoms with Crippen molar-refractivity contribution in [2.24, 2.45) is 0 Å². The number of aliphatic hydroxyl groups is 1. The summed E-state index contributed by atoms with van der Waals surface area (Å²) in [5, 5.41) is 8.78. The van der Waals surface area contributed by atoms with Crippen molar-refractivity contribution in [3.05, 3.63) is 29.3 Å². The first-order chi connectivity index (χ1) is 7.60. The Bertz CT molecular complexity index is 369. The predicted octanol–water partition coefficient (Wildman–Crippen LogP) is 2.38. The van der Waals surface area contributed by atoms with Gasteiger partial charge < -0.3 is 9.84 Å². The Hall–Kier alpha value is -1.35. The molecule has 16 heavy (non-hydrogen) atoms. The number of hydrogen-bond donors (Lipinski definition) is 1. The smallest absolute Gasteiger partial charge is 0.168 e. The van der Waals surface area contributed by atoms with Crippen LogP contribution in [0.3, 0.4) is 0 Å². The average Bonchev–Trinajstić information content (AvgIpc) is 2.28. The molecule has 0 saturated carbocycles. The molecular weight excluding hydrogens is 204 g/mol. The minimum absolute atomic E-state index is 0.0816. The van der Waals surface area contributed by atoms with Gasteiger partial charge in [-0.25, -0.2) is 0 Å². The van der Waals surface area contributed by atoms with Gasteiger partial charge in [0.2, 0.25) is 0 Å². The fourth-order valence-corrected chi connectivity index (χ4v) is 1.54. The van der Waals surface area contributed by atoms with Gasteiger partial charge in [0.1, 0.15) is 5.75 Å². The Labute approximate surface area is 96.1 Å². The number of Topliss-reactive ketones (excluding diaryl/α,β-unsaturated/α-hetero) is 1. The van der Waals surface area contributed by atoms with Crippen molar-refractivity contribution in [2.75, 3.05) is 13.7 Å². The lowest BCUT2D eigenvalue weighted by atomic mass is 9.97. The molecule has 1 aromatic carbocycles. The number of ketones is 1. The zero-order chi connectivity index (χ0) is 12.1. The Morgan fingerprint density at radius 1 is 1.44 bits per heavy atom. The number of benzene rings is 1. The van der Waals surface area contributed by atoms with E-state index >= 15 is 0 Å². The number of carbonyl (C=O) groups excluding carboxylic acids is 1. The highest BCUT2D eigenvalue weighted by Crippen LogP contribution is 2.25. The van der Waals surface area contributed by atoms with E-state index in [1.807, 2.05) is 12.1 Å². The van der Waals surface area contributed by atoms with Crippen LogP contribution in [0.4, 0.5) is 0 Å². The number of methoxy groups -OCH3 is 1. The molecule has 0 fully saturated rings. The predicted molar refractivity (Wildman–Crippen MR) is 63.1 cm³/mol. The van der Waals surface area contributed by atoms with Gasteiger partial charge in [0.05, 0.1) is 19.3 Å². The van der Waals surface area contributed by atoms with E-state index < -0.39 is 0 Å². The molecule has 3 heteroatoms. The average molecular weight is 222 g/mol. The minimum Gasteiger partial charge on any atom is -0.496 e. The molecule has 1 aromatic rings. The first-order valence-corrected chi connectivity index (χ1v) is 5.42. The molecule has 1 rings (SSSR count). The maximum absolute atomic E-state index is 11.8. The molecular formula is C13H18O3. The number of aliphatic hydroxyl groups excluding tert-OH is 1. The summed E-state index contributed by atoms with van der Waals surface area (Å²) in [6.07, 6.45) is 0.137. The molecule has 88 valence electrons. The van der Waals surface area contributed by atoms with Crippen molar-refractivity contribution in [1.29, 1.82) is 0 Å². The van der Waals surface area contributed by atoms with Crippen LogP contribution < -0.4 is 4.74 Å². The van der Waals surface area contributed by atoms with E-state index in [0.717, 1.165) is 5.56 Å². The van der Waals surface area contributed by atoms with Gasteiger partial charge >= 0.3 is 0 Å². The quantitative estimate of drug-likeness (QED) is 0.778. The summed E-state index contributed by atoms with van der Waals surface area (Å²) in [5.74, 6) is 0.858. The first kappa shape index (κ1) is 12.7. The maximum atomic E-state index is 11.8. The number of ether oxygens (including phenoxy) is 1. The van der Waals surface area contributed by atoms with E-state index in [4.69, 9.17) is 9.84 Å². The van der Waals surface area contributed by atoms with Crippen molar-refractivity contribution in [1.82, 2.24) is 0 Å². The normalized spacial score (nSPS) is 10.6. The fraction of sp³-hybridized carbons (Fsp3) is 0.462. The molecule has 0 bridgehead atoms. The second-order valence-corrected chi connectivity index (χ2v) is 4.01. The van der Waals surface area contributed by atoms with Crippen LogP contribution in [0.5, 0.6) is 5.75 Å². The summed E-state index contributed by atoms with van der Waals surface area (Å²) >= 11 is 0. The topological polar surface area (TPSA) is 46.5 Å². The van der Waals surface area contributed by atoms with Crippen molar-refractivity contribution in [3.63, 3.8) is 0 Å². The summed E-state index contributed by atoms with van der Waals surface area (Å²) < 4.78 is 5.15. The van der Waals surface area contributed by atoms with E-state index in [1.54, 1.807) is 13.2 Å². The second kappa shape index (κ2) is 5.66. The Morgan fingerprint density at radius 3 is 2.62 bits per heavy atom. The monoisotopic (exact) mass is 222 g/mol. The number of rotatable bonds is 5. The minimum atomic E-state index is -0.131. The third-order valence-electron chi connectivity index (χ3n) is 2.53. The maximum Gasteiger partial charge on any atom is 0.168 e. The van der Waals surface area contributed by atoms with Crippen LogP contribution in [0.25, 0.3) is 0 Å². The van der Waals surface area contributed by atoms with Gasteiger partial charge in [0.25, 0.3) is 0 Å². The molecule has 0 spiro atoms. The highest BCUT2D eigenvalue weighted by Gasteiger charge is 2.13. The molecule has 0 aliphatic rings. The van der Waals surface area contributed by atoms with Crippen molar-refractivity contribution in [2.45, 2.75) is 26.2 Å². The molecule has 0 aliphatic heterocycles. The lowest BCUT2D eigenvalue weighted by molar-refractivity contribution is 0.0953. The van der Waals surface area contributed by atoms with E-state index in [9.17, 15) is 4.79 Å². The molecule has 0 aliphatic carbocycles. The molecule has 0 aromatic heterocycles. The highest BCUT2D eigenvalue weighted by molar-refractivity contribution is 5.98. The third-order valence-corrected chi connectivity index (χ3v) is 2.53. The number of carbonyl (C=O) groups is 1. The highest BCUT2D eigenvalue weighted by atomic mass is 16.5. The molecule has 1 N–H and O–H groups in total. The molecule has 0 amide bonds. The summed E-state index contributed by atoms with van der Waals surface area (Å²) in [6.45, 7) is 4.01. The lowest BCUT2D eigenvalue weighted by Crippen LogP contribution is -2.05. The Balaban J connectivity index is 3.11. The molecule has 0 saturated heterocycles. The van der Waals surface area contributed by atoms with Crippen LogP contribution >= 0.6 is 0 Å². The van der Waals surface area contributed by atoms with Gasteiger partial charge in [0.15, 0.2) is 5.78 Å². The van der Waals surface area contributed by atoms with E-state index in [2.05, 4.69) is 13.8 Å². The van der Waals surface area contributed by atoms with Crippen LogP contribution in [-0.4, -0.2) is 24.6 Å². The van der Waals surface area contributed by atoms with Gasteiger partial charge in [-0.3, -0.25) is 4.79 Å². The SMILES string of the molecule is COc1ccc(C(C)C)cc1C(=O)CCO. The van der Waals surface area contributed by atoms with Gasteiger partial charge in [0, 0.05) is 6.42 Å². The summed E-state index contributed by atoms with van der Waals surface area (Å²) in [6, 6.07) is 5.61. The van der Waals surface area contributed by atoms with Crippen LogP contribution in [0.1, 0.15) is 42.1 Å². The Kier molecular flexibility index (Phi) is 4.50. The van der Waals surface area contributed by atoms with Crippen molar-refractivity contribution < 1.29 is 14.6 Å². The van der Waals surface area contributed by atoms with Gasteiger partial charge in [-0.1, -0.05) is 19.9 Å². The molecule has 3 nitrogen and oxygen atoms in total.